The Hall–Kier alpha value is -3.62. The summed E-state index contributed by atoms with van der Waals surface area (Å²) in [4.78, 5) is 29.8. The van der Waals surface area contributed by atoms with Gasteiger partial charge in [0, 0.05) is 39.4 Å². The Labute approximate surface area is 161 Å². The molecule has 0 unspecified atom stereocenters. The molecule has 0 saturated carbocycles. The largest absolute Gasteiger partial charge is 0.489 e. The average Bonchev–Trinajstić information content (AvgIpc) is 3.10. The highest BCUT2D eigenvalue weighted by Crippen LogP contribution is 2.22. The molecule has 9 nitrogen and oxygen atoms in total. The molecule has 28 heavy (non-hydrogen) atoms. The molecule has 0 atom stereocenters. The van der Waals surface area contributed by atoms with Gasteiger partial charge in [0.25, 0.3) is 5.56 Å². The third-order valence-corrected chi connectivity index (χ3v) is 4.36. The Morgan fingerprint density at radius 1 is 1.29 bits per heavy atom. The highest BCUT2D eigenvalue weighted by atomic mass is 16.5. The summed E-state index contributed by atoms with van der Waals surface area (Å²) < 4.78 is 7.94. The fourth-order valence-corrected chi connectivity index (χ4v) is 3.00. The molecule has 3 aromatic rings. The fraction of sp³-hybridized carbons (Fsp3) is 0.263. The van der Waals surface area contributed by atoms with Crippen LogP contribution in [0.3, 0.4) is 0 Å². The summed E-state index contributed by atoms with van der Waals surface area (Å²) in [5, 5.41) is 13.5. The van der Waals surface area contributed by atoms with Gasteiger partial charge in [-0.15, -0.1) is 0 Å². The lowest BCUT2D eigenvalue weighted by Gasteiger charge is -2.22. The normalized spacial score (nSPS) is 10.7. The van der Waals surface area contributed by atoms with E-state index in [0.29, 0.717) is 6.54 Å². The van der Waals surface area contributed by atoms with Gasteiger partial charge >= 0.3 is 5.97 Å². The molecule has 9 heteroatoms. The Morgan fingerprint density at radius 3 is 2.64 bits per heavy atom. The predicted molar refractivity (Wildman–Crippen MR) is 104 cm³/mol. The molecule has 1 aromatic carbocycles. The van der Waals surface area contributed by atoms with Gasteiger partial charge in [0.15, 0.2) is 5.69 Å². The topological polar surface area (TPSA) is 102 Å². The van der Waals surface area contributed by atoms with Gasteiger partial charge in [-0.25, -0.2) is 9.78 Å². The van der Waals surface area contributed by atoms with Gasteiger partial charge in [0.05, 0.1) is 13.3 Å². The highest BCUT2D eigenvalue weighted by molar-refractivity contribution is 5.88. The van der Waals surface area contributed by atoms with Gasteiger partial charge in [0.2, 0.25) is 11.7 Å². The molecule has 0 aliphatic heterocycles. The van der Waals surface area contributed by atoms with Crippen molar-refractivity contribution in [2.24, 2.45) is 14.1 Å². The first-order valence-corrected chi connectivity index (χ1v) is 8.49. The minimum atomic E-state index is -1.32. The lowest BCUT2D eigenvalue weighted by atomic mass is 10.1. The van der Waals surface area contributed by atoms with Crippen LogP contribution >= 0.6 is 0 Å². The summed E-state index contributed by atoms with van der Waals surface area (Å²) in [6, 6.07) is 7.91. The Morgan fingerprint density at radius 2 is 2.04 bits per heavy atom. The van der Waals surface area contributed by atoms with E-state index in [-0.39, 0.29) is 11.7 Å². The van der Waals surface area contributed by atoms with Gasteiger partial charge < -0.3 is 14.7 Å². The van der Waals surface area contributed by atoms with Gasteiger partial charge in [0.1, 0.15) is 0 Å². The molecule has 3 rings (SSSR count). The van der Waals surface area contributed by atoms with Gasteiger partial charge in [-0.3, -0.25) is 14.0 Å². The van der Waals surface area contributed by atoms with Crippen LogP contribution in [0, 0.1) is 0 Å². The van der Waals surface area contributed by atoms with Gasteiger partial charge in [-0.05, 0) is 17.2 Å². The number of nitrogens with zero attached hydrogens (tertiary/aromatic N) is 5. The maximum atomic E-state index is 12.4. The number of hydrogen-bond acceptors (Lipinski definition) is 6. The van der Waals surface area contributed by atoms with Crippen LogP contribution in [-0.2, 0) is 20.6 Å². The maximum Gasteiger partial charge on any atom is 0.358 e. The van der Waals surface area contributed by atoms with Crippen LogP contribution in [0.15, 0.2) is 41.5 Å². The molecule has 0 aliphatic rings. The van der Waals surface area contributed by atoms with E-state index in [1.807, 2.05) is 37.5 Å². The summed E-state index contributed by atoms with van der Waals surface area (Å²) in [7, 11) is 6.38. The Bertz CT molecular complexity index is 1090. The van der Waals surface area contributed by atoms with Gasteiger partial charge in [-0.2, -0.15) is 5.10 Å². The summed E-state index contributed by atoms with van der Waals surface area (Å²) >= 11 is 0. The molecule has 0 amide bonds. The third-order valence-electron chi connectivity index (χ3n) is 4.36. The van der Waals surface area contributed by atoms with Crippen molar-refractivity contribution in [2.45, 2.75) is 6.54 Å². The predicted octanol–water partition coefficient (Wildman–Crippen LogP) is 1.52. The Balaban J connectivity index is 1.94. The summed E-state index contributed by atoms with van der Waals surface area (Å²) in [5.41, 5.74) is 2.03. The minimum absolute atomic E-state index is 0.231. The van der Waals surface area contributed by atoms with Crippen molar-refractivity contribution in [3.8, 4) is 16.9 Å². The van der Waals surface area contributed by atoms with E-state index in [1.165, 1.54) is 18.7 Å². The summed E-state index contributed by atoms with van der Waals surface area (Å²) in [6.45, 7) is 0.430. The first kappa shape index (κ1) is 19.2. The van der Waals surface area contributed by atoms with E-state index in [2.05, 4.69) is 10.1 Å². The van der Waals surface area contributed by atoms with Crippen molar-refractivity contribution in [1.29, 1.82) is 0 Å². The van der Waals surface area contributed by atoms with Crippen LogP contribution in [0.5, 0.6) is 5.75 Å². The van der Waals surface area contributed by atoms with E-state index in [1.54, 1.807) is 22.8 Å². The molecule has 0 saturated heterocycles. The van der Waals surface area contributed by atoms with Crippen LogP contribution in [-0.4, -0.2) is 44.6 Å². The molecule has 0 aliphatic carbocycles. The number of carboxylic acids is 1. The van der Waals surface area contributed by atoms with Crippen LogP contribution < -0.4 is 15.2 Å². The standard InChI is InChI=1S/C19H21N5O4/c1-22(19-21-15(18(26)27)16(28-4)17(25)24(19)3)10-12-6-5-7-13(8-12)14-9-20-23(2)11-14/h5-9,11H,10H2,1-4H3,(H,26,27). The van der Waals surface area contributed by atoms with Crippen LogP contribution in [0.1, 0.15) is 16.1 Å². The van der Waals surface area contributed by atoms with Crippen LogP contribution in [0.2, 0.25) is 0 Å². The minimum Gasteiger partial charge on any atom is -0.489 e. The van der Waals surface area contributed by atoms with Gasteiger partial charge in [-0.1, -0.05) is 18.2 Å². The number of aryl methyl sites for hydroxylation is 1. The zero-order valence-corrected chi connectivity index (χ0v) is 16.1. The second kappa shape index (κ2) is 7.55. The van der Waals surface area contributed by atoms with E-state index in [0.717, 1.165) is 16.7 Å². The SMILES string of the molecule is COc1c(C(=O)O)nc(N(C)Cc2cccc(-c3cnn(C)c3)c2)n(C)c1=O. The summed E-state index contributed by atoms with van der Waals surface area (Å²) in [5.74, 6) is -1.37. The number of aromatic nitrogens is 4. The van der Waals surface area contributed by atoms with E-state index in [9.17, 15) is 14.7 Å². The van der Waals surface area contributed by atoms with Crippen molar-refractivity contribution >= 4 is 11.9 Å². The van der Waals surface area contributed by atoms with E-state index < -0.39 is 17.2 Å². The molecule has 0 bridgehead atoms. The summed E-state index contributed by atoms with van der Waals surface area (Å²) in [6.07, 6.45) is 3.72. The molecule has 0 fully saturated rings. The number of ether oxygens (including phenoxy) is 1. The van der Waals surface area contributed by atoms with Crippen LogP contribution in [0.4, 0.5) is 5.95 Å². The number of hydrogen-bond donors (Lipinski definition) is 1. The first-order valence-electron chi connectivity index (χ1n) is 8.49. The van der Waals surface area contributed by atoms with Crippen molar-refractivity contribution in [3.05, 3.63) is 58.3 Å². The zero-order valence-electron chi connectivity index (χ0n) is 16.1. The van der Waals surface area contributed by atoms with Crippen molar-refractivity contribution < 1.29 is 14.6 Å². The molecule has 2 heterocycles. The average molecular weight is 383 g/mol. The molecular weight excluding hydrogens is 362 g/mol. The zero-order chi connectivity index (χ0) is 20.4. The molecule has 0 radical (unpaired) electrons. The number of aromatic carboxylic acids is 1. The lowest BCUT2D eigenvalue weighted by molar-refractivity contribution is 0.0685. The Kier molecular flexibility index (Phi) is 5.16. The first-order chi connectivity index (χ1) is 13.3. The third kappa shape index (κ3) is 3.59. The molecule has 1 N–H and O–H groups in total. The van der Waals surface area contributed by atoms with Crippen LogP contribution in [0.25, 0.3) is 11.1 Å². The smallest absolute Gasteiger partial charge is 0.358 e. The maximum absolute atomic E-state index is 12.4. The number of anilines is 1. The van der Waals surface area contributed by atoms with E-state index >= 15 is 0 Å². The number of methoxy groups -OCH3 is 1. The van der Waals surface area contributed by atoms with Crippen molar-refractivity contribution in [2.75, 3.05) is 19.1 Å². The molecule has 146 valence electrons. The fourth-order valence-electron chi connectivity index (χ4n) is 3.00. The number of carboxylic acid groups (broad SMARTS) is 1. The lowest BCUT2D eigenvalue weighted by Crippen LogP contribution is -2.31. The van der Waals surface area contributed by atoms with E-state index in [4.69, 9.17) is 4.74 Å². The number of rotatable bonds is 6. The second-order valence-corrected chi connectivity index (χ2v) is 6.42. The molecule has 2 aromatic heterocycles. The quantitative estimate of drug-likeness (QED) is 0.688. The highest BCUT2D eigenvalue weighted by Gasteiger charge is 2.22. The monoisotopic (exact) mass is 383 g/mol. The second-order valence-electron chi connectivity index (χ2n) is 6.42. The molecular formula is C19H21N5O4. The van der Waals surface area contributed by atoms with Crippen molar-refractivity contribution in [1.82, 2.24) is 19.3 Å². The molecule has 0 spiro atoms. The van der Waals surface area contributed by atoms with Crippen molar-refractivity contribution in [3.63, 3.8) is 0 Å². The number of benzene rings is 1. The number of carbonyl (C=O) groups is 1.